The van der Waals surface area contributed by atoms with E-state index in [9.17, 15) is 8.42 Å². The molecule has 76 valence electrons. The molecule has 0 saturated carbocycles. The first-order chi connectivity index (χ1) is 6.63. The predicted octanol–water partition coefficient (Wildman–Crippen LogP) is 0.213. The molecule has 1 unspecified atom stereocenters. The van der Waals surface area contributed by atoms with Crippen LogP contribution in [0.1, 0.15) is 0 Å². The van der Waals surface area contributed by atoms with E-state index >= 15 is 0 Å². The fraction of sp³-hybridized carbons (Fsp3) is 0.333. The van der Waals surface area contributed by atoms with Gasteiger partial charge in [0.25, 0.3) is 0 Å². The maximum Gasteiger partial charge on any atom is 0.182 e. The first-order valence-electron chi connectivity index (χ1n) is 4.42. The van der Waals surface area contributed by atoms with Crippen LogP contribution in [0.15, 0.2) is 29.2 Å². The average Bonchev–Trinajstić information content (AvgIpc) is 2.17. The number of nitrogens with two attached hydrogens (primary N) is 1. The third-order valence-electron chi connectivity index (χ3n) is 2.29. The SMILES string of the molecule is NCC1CS(=O)(=O)c2ccccc2N1. The molecule has 14 heavy (non-hydrogen) atoms. The molecule has 1 aromatic carbocycles. The molecule has 0 spiro atoms. The zero-order chi connectivity index (χ0) is 10.2. The van der Waals surface area contributed by atoms with Crippen LogP contribution < -0.4 is 11.1 Å². The third kappa shape index (κ3) is 1.49. The number of rotatable bonds is 1. The number of hydrogen-bond donors (Lipinski definition) is 2. The number of para-hydroxylation sites is 1. The molecule has 0 fully saturated rings. The topological polar surface area (TPSA) is 72.2 Å². The molecule has 0 radical (unpaired) electrons. The molecule has 1 aliphatic rings. The van der Waals surface area contributed by atoms with Gasteiger partial charge in [-0.25, -0.2) is 8.42 Å². The quantitative estimate of drug-likeness (QED) is 0.698. The molecule has 5 heteroatoms. The third-order valence-corrected chi connectivity index (χ3v) is 4.15. The van der Waals surface area contributed by atoms with Crippen molar-refractivity contribution in [2.45, 2.75) is 10.9 Å². The lowest BCUT2D eigenvalue weighted by molar-refractivity contribution is 0.586. The van der Waals surface area contributed by atoms with Crippen molar-refractivity contribution in [3.63, 3.8) is 0 Å². The fourth-order valence-corrected chi connectivity index (χ4v) is 3.28. The Morgan fingerprint density at radius 3 is 2.86 bits per heavy atom. The summed E-state index contributed by atoms with van der Waals surface area (Å²) in [6, 6.07) is 6.73. The summed E-state index contributed by atoms with van der Waals surface area (Å²) in [7, 11) is -3.15. The Balaban J connectivity index is 2.53. The minimum absolute atomic E-state index is 0.0838. The van der Waals surface area contributed by atoms with Gasteiger partial charge in [0.15, 0.2) is 9.84 Å². The second-order valence-electron chi connectivity index (χ2n) is 3.35. The first-order valence-corrected chi connectivity index (χ1v) is 6.07. The van der Waals surface area contributed by atoms with Crippen LogP contribution in [0.25, 0.3) is 0 Å². The fourth-order valence-electron chi connectivity index (χ4n) is 1.60. The average molecular weight is 212 g/mol. The molecule has 1 heterocycles. The molecule has 0 saturated heterocycles. The smallest absolute Gasteiger partial charge is 0.182 e. The molecular formula is C9H12N2O2S. The second-order valence-corrected chi connectivity index (χ2v) is 5.36. The van der Waals surface area contributed by atoms with Crippen LogP contribution in [0.4, 0.5) is 5.69 Å². The Morgan fingerprint density at radius 2 is 2.14 bits per heavy atom. The van der Waals surface area contributed by atoms with E-state index in [1.54, 1.807) is 24.3 Å². The summed E-state index contributed by atoms with van der Waals surface area (Å²) >= 11 is 0. The van der Waals surface area contributed by atoms with E-state index in [4.69, 9.17) is 5.73 Å². The van der Waals surface area contributed by atoms with E-state index in [2.05, 4.69) is 5.32 Å². The van der Waals surface area contributed by atoms with E-state index in [1.165, 1.54) is 0 Å². The number of hydrogen-bond acceptors (Lipinski definition) is 4. The highest BCUT2D eigenvalue weighted by atomic mass is 32.2. The van der Waals surface area contributed by atoms with Crippen molar-refractivity contribution >= 4 is 15.5 Å². The zero-order valence-corrected chi connectivity index (χ0v) is 8.42. The van der Waals surface area contributed by atoms with Crippen LogP contribution in [0.5, 0.6) is 0 Å². The molecule has 1 aliphatic heterocycles. The molecule has 1 atom stereocenters. The summed E-state index contributed by atoms with van der Waals surface area (Å²) in [5.41, 5.74) is 6.12. The Bertz CT molecular complexity index is 442. The predicted molar refractivity (Wildman–Crippen MR) is 55.0 cm³/mol. The summed E-state index contributed by atoms with van der Waals surface area (Å²) in [5.74, 6) is 0.0838. The van der Waals surface area contributed by atoms with Gasteiger partial charge in [-0.05, 0) is 12.1 Å². The molecule has 0 aromatic heterocycles. The molecule has 0 amide bonds. The van der Waals surface area contributed by atoms with E-state index in [1.807, 2.05) is 0 Å². The van der Waals surface area contributed by atoms with Gasteiger partial charge < -0.3 is 11.1 Å². The molecule has 3 N–H and O–H groups in total. The van der Waals surface area contributed by atoms with Gasteiger partial charge in [0.05, 0.1) is 22.4 Å². The van der Waals surface area contributed by atoms with Crippen LogP contribution in [0, 0.1) is 0 Å². The van der Waals surface area contributed by atoms with Gasteiger partial charge in [0, 0.05) is 6.54 Å². The van der Waals surface area contributed by atoms with Crippen molar-refractivity contribution in [3.8, 4) is 0 Å². The first kappa shape index (κ1) is 9.48. The number of sulfone groups is 1. The van der Waals surface area contributed by atoms with Crippen LogP contribution >= 0.6 is 0 Å². The number of anilines is 1. The Kier molecular flexibility index (Phi) is 2.20. The molecular weight excluding hydrogens is 200 g/mol. The molecule has 0 bridgehead atoms. The monoisotopic (exact) mass is 212 g/mol. The van der Waals surface area contributed by atoms with Gasteiger partial charge >= 0.3 is 0 Å². The normalized spacial score (nSPS) is 23.6. The second kappa shape index (κ2) is 3.25. The van der Waals surface area contributed by atoms with Crippen LogP contribution in [0.2, 0.25) is 0 Å². The van der Waals surface area contributed by atoms with E-state index < -0.39 is 9.84 Å². The Hall–Kier alpha value is -1.07. The van der Waals surface area contributed by atoms with Crippen LogP contribution in [-0.2, 0) is 9.84 Å². The van der Waals surface area contributed by atoms with Gasteiger partial charge in [-0.2, -0.15) is 0 Å². The standard InChI is InChI=1S/C9H12N2O2S/c10-5-7-6-14(12,13)9-4-2-1-3-8(9)11-7/h1-4,7,11H,5-6,10H2. The van der Waals surface area contributed by atoms with Gasteiger partial charge in [-0.15, -0.1) is 0 Å². The van der Waals surface area contributed by atoms with Crippen molar-refractivity contribution in [2.75, 3.05) is 17.6 Å². The summed E-state index contributed by atoms with van der Waals surface area (Å²) in [6.45, 7) is 0.327. The highest BCUT2D eigenvalue weighted by Crippen LogP contribution is 2.27. The number of fused-ring (bicyclic) bond motifs is 1. The highest BCUT2D eigenvalue weighted by molar-refractivity contribution is 7.91. The molecule has 0 aliphatic carbocycles. The Morgan fingerprint density at radius 1 is 1.43 bits per heavy atom. The zero-order valence-electron chi connectivity index (χ0n) is 7.60. The summed E-state index contributed by atoms with van der Waals surface area (Å²) in [4.78, 5) is 0.379. The lowest BCUT2D eigenvalue weighted by Crippen LogP contribution is -2.39. The lowest BCUT2D eigenvalue weighted by atomic mass is 10.2. The highest BCUT2D eigenvalue weighted by Gasteiger charge is 2.28. The van der Waals surface area contributed by atoms with Gasteiger partial charge in [-0.3, -0.25) is 0 Å². The maximum absolute atomic E-state index is 11.7. The van der Waals surface area contributed by atoms with Crippen molar-refractivity contribution in [2.24, 2.45) is 5.73 Å². The molecule has 2 rings (SSSR count). The van der Waals surface area contributed by atoms with Crippen LogP contribution in [-0.4, -0.2) is 26.8 Å². The lowest BCUT2D eigenvalue weighted by Gasteiger charge is -2.25. The maximum atomic E-state index is 11.7. The van der Waals surface area contributed by atoms with E-state index in [0.29, 0.717) is 17.1 Å². The summed E-state index contributed by atoms with van der Waals surface area (Å²) < 4.78 is 23.5. The molecule has 1 aromatic rings. The van der Waals surface area contributed by atoms with E-state index in [0.717, 1.165) is 0 Å². The van der Waals surface area contributed by atoms with Crippen molar-refractivity contribution in [3.05, 3.63) is 24.3 Å². The number of nitrogens with one attached hydrogen (secondary N) is 1. The van der Waals surface area contributed by atoms with E-state index in [-0.39, 0.29) is 11.8 Å². The van der Waals surface area contributed by atoms with Crippen molar-refractivity contribution < 1.29 is 8.42 Å². The summed E-state index contributed by atoms with van der Waals surface area (Å²) in [6.07, 6.45) is 0. The van der Waals surface area contributed by atoms with Gasteiger partial charge in [-0.1, -0.05) is 12.1 Å². The minimum atomic E-state index is -3.15. The summed E-state index contributed by atoms with van der Waals surface area (Å²) in [5, 5.41) is 3.10. The van der Waals surface area contributed by atoms with Gasteiger partial charge in [0.1, 0.15) is 0 Å². The largest absolute Gasteiger partial charge is 0.379 e. The van der Waals surface area contributed by atoms with Crippen LogP contribution in [0.3, 0.4) is 0 Å². The van der Waals surface area contributed by atoms with Crippen molar-refractivity contribution in [1.29, 1.82) is 0 Å². The van der Waals surface area contributed by atoms with Gasteiger partial charge in [0.2, 0.25) is 0 Å². The minimum Gasteiger partial charge on any atom is -0.379 e. The Labute approximate surface area is 83.0 Å². The number of benzene rings is 1. The van der Waals surface area contributed by atoms with Crippen molar-refractivity contribution in [1.82, 2.24) is 0 Å². The molecule has 4 nitrogen and oxygen atoms in total.